The average molecular weight is 698 g/mol. The van der Waals surface area contributed by atoms with Gasteiger partial charge in [0.1, 0.15) is 11.9 Å². The van der Waals surface area contributed by atoms with Crippen LogP contribution < -0.4 is 4.74 Å². The Morgan fingerprint density at radius 2 is 1.66 bits per heavy atom. The third kappa shape index (κ3) is 4.84. The Morgan fingerprint density at radius 3 is 2.28 bits per heavy atom. The quantitative estimate of drug-likeness (QED) is 0.138. The van der Waals surface area contributed by atoms with E-state index >= 15 is 0 Å². The highest BCUT2D eigenvalue weighted by molar-refractivity contribution is 5.66. The summed E-state index contributed by atoms with van der Waals surface area (Å²) in [5.41, 5.74) is -1.96. The highest BCUT2D eigenvalue weighted by atomic mass is 16.7. The van der Waals surface area contributed by atoms with Crippen molar-refractivity contribution in [1.82, 2.24) is 0 Å². The van der Waals surface area contributed by atoms with Crippen LogP contribution in [0, 0.1) is 60.9 Å². The number of non-ortho nitro benzene ring substituents is 1. The number of nitrogens with zero attached hydrogens (tertiary/aromatic N) is 1. The van der Waals surface area contributed by atoms with E-state index < -0.39 is 47.1 Å². The summed E-state index contributed by atoms with van der Waals surface area (Å²) in [6, 6.07) is 5.40. The van der Waals surface area contributed by atoms with E-state index in [1.54, 1.807) is 13.8 Å². The molecular weight excluding hydrogens is 642 g/mol. The van der Waals surface area contributed by atoms with Gasteiger partial charge in [0.25, 0.3) is 5.69 Å². The van der Waals surface area contributed by atoms with Crippen LogP contribution in [0.1, 0.15) is 107 Å². The molecule has 7 rings (SSSR count). The lowest BCUT2D eigenvalue weighted by molar-refractivity contribution is -0.384. The number of aliphatic hydroxyl groups excluding tert-OH is 1. The van der Waals surface area contributed by atoms with Gasteiger partial charge in [-0.2, -0.15) is 0 Å². The first-order valence-electron chi connectivity index (χ1n) is 18.6. The Bertz CT molecular complexity index is 1550. The lowest BCUT2D eigenvalue weighted by Gasteiger charge is -2.63. The molecule has 2 N–H and O–H groups in total. The van der Waals surface area contributed by atoms with E-state index in [2.05, 4.69) is 34.6 Å². The van der Waals surface area contributed by atoms with Crippen LogP contribution in [-0.4, -0.2) is 63.4 Å². The Morgan fingerprint density at radius 1 is 1.02 bits per heavy atom. The van der Waals surface area contributed by atoms with E-state index in [4.69, 9.17) is 18.9 Å². The van der Waals surface area contributed by atoms with Crippen LogP contribution in [0.15, 0.2) is 24.3 Å². The van der Waals surface area contributed by atoms with Gasteiger partial charge in [-0.15, -0.1) is 0 Å². The Balaban J connectivity index is 1.10. The monoisotopic (exact) mass is 697 g/mol. The van der Waals surface area contributed by atoms with Crippen molar-refractivity contribution < 1.29 is 43.7 Å². The van der Waals surface area contributed by atoms with Gasteiger partial charge < -0.3 is 29.2 Å². The number of carbonyl (C=O) groups is 2. The molecule has 11 nitrogen and oxygen atoms in total. The summed E-state index contributed by atoms with van der Waals surface area (Å²) < 4.78 is 23.9. The molecule has 0 bridgehead atoms. The van der Waals surface area contributed by atoms with Crippen LogP contribution in [0.4, 0.5) is 10.5 Å². The van der Waals surface area contributed by atoms with Gasteiger partial charge in [0.15, 0.2) is 6.10 Å². The molecule has 6 fully saturated rings. The molecule has 1 saturated heterocycles. The first-order chi connectivity index (χ1) is 23.2. The zero-order valence-corrected chi connectivity index (χ0v) is 30.8. The molecule has 6 aliphatic rings. The summed E-state index contributed by atoms with van der Waals surface area (Å²) in [6.07, 6.45) is 3.95. The van der Waals surface area contributed by atoms with Gasteiger partial charge in [-0.05, 0) is 117 Å². The third-order valence-corrected chi connectivity index (χ3v) is 15.6. The van der Waals surface area contributed by atoms with Crippen LogP contribution in [0.5, 0.6) is 5.75 Å². The molecule has 1 aromatic rings. The van der Waals surface area contributed by atoms with Crippen molar-refractivity contribution in [3.05, 3.63) is 34.4 Å². The number of nitro groups is 1. The number of aliphatic hydroxyl groups is 2. The van der Waals surface area contributed by atoms with Crippen LogP contribution in [0.25, 0.3) is 0 Å². The number of fused-ring (bicyclic) bond motifs is 4. The normalized spacial score (nSPS) is 44.6. The topological polar surface area (TPSA) is 155 Å². The van der Waals surface area contributed by atoms with Gasteiger partial charge in [-0.3, -0.25) is 14.9 Å². The molecule has 50 heavy (non-hydrogen) atoms. The maximum Gasteiger partial charge on any atom is 0.514 e. The number of benzene rings is 1. The fourth-order valence-electron chi connectivity index (χ4n) is 13.4. The van der Waals surface area contributed by atoms with E-state index in [9.17, 15) is 29.9 Å². The zero-order chi connectivity index (χ0) is 36.4. The van der Waals surface area contributed by atoms with E-state index in [1.165, 1.54) is 31.2 Å². The molecule has 0 amide bonds. The summed E-state index contributed by atoms with van der Waals surface area (Å²) in [4.78, 5) is 35.5. The Kier molecular flexibility index (Phi) is 8.10. The van der Waals surface area contributed by atoms with Crippen LogP contribution in [-0.2, 0) is 19.0 Å². The second-order valence-corrected chi connectivity index (χ2v) is 18.4. The van der Waals surface area contributed by atoms with Gasteiger partial charge in [-0.25, -0.2) is 4.79 Å². The van der Waals surface area contributed by atoms with Crippen LogP contribution >= 0.6 is 0 Å². The van der Waals surface area contributed by atoms with E-state index in [0.29, 0.717) is 18.3 Å². The summed E-state index contributed by atoms with van der Waals surface area (Å²) >= 11 is 0. The molecule has 276 valence electrons. The predicted molar refractivity (Wildman–Crippen MR) is 182 cm³/mol. The third-order valence-electron chi connectivity index (χ3n) is 15.6. The van der Waals surface area contributed by atoms with Crippen molar-refractivity contribution in [1.29, 1.82) is 0 Å². The van der Waals surface area contributed by atoms with Gasteiger partial charge in [0.2, 0.25) is 0 Å². The number of carbonyl (C=O) groups excluding carboxylic acids is 2. The molecule has 1 heterocycles. The van der Waals surface area contributed by atoms with Gasteiger partial charge in [-0.1, -0.05) is 34.6 Å². The molecule has 5 unspecified atom stereocenters. The van der Waals surface area contributed by atoms with Crippen molar-refractivity contribution in [2.24, 2.45) is 50.7 Å². The number of rotatable bonds is 6. The fraction of sp³-hybridized carbons (Fsp3) is 0.795. The summed E-state index contributed by atoms with van der Waals surface area (Å²) in [5.74, 6) is 0.757. The lowest BCUT2D eigenvalue weighted by atomic mass is 9.41. The molecule has 13 atom stereocenters. The van der Waals surface area contributed by atoms with Crippen LogP contribution in [0.3, 0.4) is 0 Å². The van der Waals surface area contributed by atoms with Crippen molar-refractivity contribution in [2.45, 2.75) is 143 Å². The maximum atomic E-state index is 13.0. The van der Waals surface area contributed by atoms with Crippen molar-refractivity contribution in [2.75, 3.05) is 0 Å². The largest absolute Gasteiger partial charge is 0.514 e. The summed E-state index contributed by atoms with van der Waals surface area (Å²) in [6.45, 7) is 16.0. The highest BCUT2D eigenvalue weighted by Gasteiger charge is 2.85. The standard InChI is InChI=1S/C39H55NO10/c1-21-19-25(32(35(5,6)44)47-22(2)41)49-30-29(21)36(7)17-18-39-20-38(39)16-15-28(50-33(43)48-24-11-9-23(10-12-24)40(45)46)34(3,4)26(38)13-14-27(39)37(36,8)31(30)42/h9-12,21,25-32,42,44H,13-20H2,1-8H3/t21-,25?,26+,27+,28?,29?,30?,31+,32+,36-,37-,38-,39?/m1/s1. The van der Waals surface area contributed by atoms with Gasteiger partial charge in [0.05, 0.1) is 28.8 Å². The fourth-order valence-corrected chi connectivity index (χ4v) is 13.4. The van der Waals surface area contributed by atoms with Crippen molar-refractivity contribution in [3.63, 3.8) is 0 Å². The highest BCUT2D eigenvalue weighted by Crippen LogP contribution is 2.89. The minimum absolute atomic E-state index is 0.0796. The first-order valence-corrected chi connectivity index (χ1v) is 18.6. The molecule has 5 saturated carbocycles. The molecule has 0 aromatic heterocycles. The van der Waals surface area contributed by atoms with Crippen molar-refractivity contribution >= 4 is 17.8 Å². The second-order valence-electron chi connectivity index (χ2n) is 18.4. The smallest absolute Gasteiger partial charge is 0.457 e. The predicted octanol–water partition coefficient (Wildman–Crippen LogP) is 6.99. The second kappa shape index (κ2) is 11.4. The van der Waals surface area contributed by atoms with E-state index in [0.717, 1.165) is 44.9 Å². The lowest BCUT2D eigenvalue weighted by Crippen LogP contribution is -2.60. The summed E-state index contributed by atoms with van der Waals surface area (Å²) in [5, 5.41) is 34.5. The molecule has 5 aliphatic carbocycles. The number of ether oxygens (including phenoxy) is 4. The number of nitro benzene ring substituents is 1. The minimum Gasteiger partial charge on any atom is -0.457 e. The number of esters is 1. The maximum absolute atomic E-state index is 13.0. The average Bonchev–Trinajstić information content (AvgIpc) is 3.65. The molecule has 2 spiro atoms. The Hall–Kier alpha value is -2.76. The molecule has 1 aliphatic heterocycles. The summed E-state index contributed by atoms with van der Waals surface area (Å²) in [7, 11) is 0. The number of hydrogen-bond acceptors (Lipinski definition) is 10. The molecule has 11 heteroatoms. The molecule has 0 radical (unpaired) electrons. The van der Waals surface area contributed by atoms with E-state index in [-0.39, 0.29) is 56.5 Å². The molecular formula is C39H55NO10. The SMILES string of the molecule is CC(=O)O[C@@H](C1C[C@@H](C)C2C(O1)[C@H](O)[C@@]1(C)[C@@H]3CC[C@H]4C(C)(C)C(OC(=O)Oc5ccc([N+](=O)[O-])cc5)CC[C@@]45CC35CC[C@]21C)C(C)(C)O. The van der Waals surface area contributed by atoms with E-state index in [1.807, 2.05) is 0 Å². The van der Waals surface area contributed by atoms with Crippen molar-refractivity contribution in [3.8, 4) is 5.75 Å². The van der Waals surface area contributed by atoms with Gasteiger partial charge in [0, 0.05) is 29.9 Å². The molecule has 1 aromatic carbocycles. The number of hydrogen-bond donors (Lipinski definition) is 2. The van der Waals surface area contributed by atoms with Gasteiger partial charge >= 0.3 is 12.1 Å². The Labute approximate surface area is 294 Å². The first kappa shape index (κ1) is 35.6. The van der Waals surface area contributed by atoms with Crippen LogP contribution in [0.2, 0.25) is 0 Å². The minimum atomic E-state index is -1.30. The zero-order valence-electron chi connectivity index (χ0n) is 30.8.